The van der Waals surface area contributed by atoms with Crippen LogP contribution in [0.25, 0.3) is 0 Å². The minimum atomic E-state index is -0.134. The quantitative estimate of drug-likeness (QED) is 0.501. The van der Waals surface area contributed by atoms with Crippen LogP contribution >= 0.6 is 0 Å². The van der Waals surface area contributed by atoms with Crippen molar-refractivity contribution >= 4 is 23.2 Å². The van der Waals surface area contributed by atoms with E-state index < -0.39 is 0 Å². The van der Waals surface area contributed by atoms with Crippen molar-refractivity contribution in [3.05, 3.63) is 90.0 Å². The highest BCUT2D eigenvalue weighted by atomic mass is 16.5. The number of nitrogens with zero attached hydrogens (tertiary/aromatic N) is 1. The molecule has 0 atom stereocenters. The van der Waals surface area contributed by atoms with Crippen LogP contribution in [0.15, 0.2) is 78.9 Å². The molecule has 0 aromatic heterocycles. The summed E-state index contributed by atoms with van der Waals surface area (Å²) < 4.78 is 5.78. The number of carbonyl (C=O) groups is 2. The van der Waals surface area contributed by atoms with Crippen LogP contribution in [0.3, 0.4) is 0 Å². The van der Waals surface area contributed by atoms with Crippen molar-refractivity contribution < 1.29 is 14.3 Å². The minimum absolute atomic E-state index is 0.101. The largest absolute Gasteiger partial charge is 0.489 e. The summed E-state index contributed by atoms with van der Waals surface area (Å²) in [5, 5.41) is 5.98. The van der Waals surface area contributed by atoms with Gasteiger partial charge in [-0.15, -0.1) is 0 Å². The maximum Gasteiger partial charge on any atom is 0.243 e. The van der Waals surface area contributed by atoms with Gasteiger partial charge in [-0.05, 0) is 53.9 Å². The number of amides is 2. The fourth-order valence-corrected chi connectivity index (χ4v) is 3.03. The Hall–Kier alpha value is -3.80. The number of nitrogens with one attached hydrogen (secondary N) is 2. The number of benzene rings is 3. The molecule has 0 aliphatic heterocycles. The van der Waals surface area contributed by atoms with Gasteiger partial charge in [-0.1, -0.05) is 42.5 Å². The van der Waals surface area contributed by atoms with Gasteiger partial charge in [0.25, 0.3) is 0 Å². The van der Waals surface area contributed by atoms with Gasteiger partial charge in [-0.3, -0.25) is 9.59 Å². The summed E-state index contributed by atoms with van der Waals surface area (Å²) in [7, 11) is 3.51. The molecule has 0 heterocycles. The molecule has 0 radical (unpaired) electrons. The molecular weight excluding hydrogens is 402 g/mol. The highest BCUT2D eigenvalue weighted by molar-refractivity contribution is 5.93. The molecule has 166 valence electrons. The van der Waals surface area contributed by atoms with Crippen molar-refractivity contribution in [3.63, 3.8) is 0 Å². The van der Waals surface area contributed by atoms with Crippen molar-refractivity contribution in [2.24, 2.45) is 0 Å². The number of hydrogen-bond donors (Lipinski definition) is 2. The third-order valence-corrected chi connectivity index (χ3v) is 4.92. The molecule has 0 saturated carbocycles. The van der Waals surface area contributed by atoms with Crippen LogP contribution < -0.4 is 15.4 Å². The molecule has 3 aromatic carbocycles. The topological polar surface area (TPSA) is 70.7 Å². The monoisotopic (exact) mass is 431 g/mol. The molecule has 0 unspecified atom stereocenters. The third-order valence-electron chi connectivity index (χ3n) is 4.92. The summed E-state index contributed by atoms with van der Waals surface area (Å²) in [6.45, 7) is 0.671. The van der Waals surface area contributed by atoms with Gasteiger partial charge in [-0.25, -0.2) is 0 Å². The van der Waals surface area contributed by atoms with Crippen LogP contribution in [0, 0.1) is 0 Å². The van der Waals surface area contributed by atoms with Crippen molar-refractivity contribution in [1.82, 2.24) is 4.90 Å². The summed E-state index contributed by atoms with van der Waals surface area (Å²) in [6.07, 6.45) is 1.15. The molecule has 6 nitrogen and oxygen atoms in total. The van der Waals surface area contributed by atoms with Gasteiger partial charge in [0.05, 0.1) is 6.54 Å². The molecule has 3 rings (SSSR count). The first kappa shape index (κ1) is 22.9. The molecule has 0 aliphatic carbocycles. The predicted molar refractivity (Wildman–Crippen MR) is 128 cm³/mol. The second-order valence-electron chi connectivity index (χ2n) is 7.69. The van der Waals surface area contributed by atoms with E-state index in [0.717, 1.165) is 28.3 Å². The van der Waals surface area contributed by atoms with Crippen molar-refractivity contribution in [2.45, 2.75) is 19.4 Å². The average Bonchev–Trinajstić information content (AvgIpc) is 2.82. The molecular formula is C26H29N3O3. The lowest BCUT2D eigenvalue weighted by molar-refractivity contribution is -0.128. The number of hydrogen-bond acceptors (Lipinski definition) is 4. The van der Waals surface area contributed by atoms with E-state index in [-0.39, 0.29) is 18.4 Å². The van der Waals surface area contributed by atoms with Crippen molar-refractivity contribution in [1.29, 1.82) is 0 Å². The van der Waals surface area contributed by atoms with Gasteiger partial charge in [0.15, 0.2) is 0 Å². The lowest BCUT2D eigenvalue weighted by atomic mass is 10.1. The van der Waals surface area contributed by atoms with Crippen LogP contribution in [-0.4, -0.2) is 37.4 Å². The minimum Gasteiger partial charge on any atom is -0.489 e. The molecule has 0 saturated heterocycles. The van der Waals surface area contributed by atoms with Gasteiger partial charge in [0.2, 0.25) is 11.8 Å². The zero-order chi connectivity index (χ0) is 22.8. The number of ether oxygens (including phenoxy) is 1. The van der Waals surface area contributed by atoms with E-state index >= 15 is 0 Å². The SMILES string of the molecule is CN(C)C(=O)CCc1ccc(NC(=O)CNc2ccc(OCc3ccccc3)cc2)cc1. The van der Waals surface area contributed by atoms with E-state index in [1.165, 1.54) is 0 Å². The summed E-state index contributed by atoms with van der Waals surface area (Å²) in [5.74, 6) is 0.741. The molecule has 2 amide bonds. The summed E-state index contributed by atoms with van der Waals surface area (Å²) in [5.41, 5.74) is 3.74. The van der Waals surface area contributed by atoms with E-state index in [9.17, 15) is 9.59 Å². The molecule has 0 bridgehead atoms. The normalized spacial score (nSPS) is 10.3. The van der Waals surface area contributed by atoms with Crippen LogP contribution in [-0.2, 0) is 22.6 Å². The fraction of sp³-hybridized carbons (Fsp3) is 0.231. The van der Waals surface area contributed by atoms with Crippen LogP contribution in [0.2, 0.25) is 0 Å². The van der Waals surface area contributed by atoms with Crippen LogP contribution in [0.5, 0.6) is 5.75 Å². The Bertz CT molecular complexity index is 1000. The van der Waals surface area contributed by atoms with Gasteiger partial charge in [-0.2, -0.15) is 0 Å². The summed E-state index contributed by atoms with van der Waals surface area (Å²) in [4.78, 5) is 25.5. The molecule has 0 fully saturated rings. The summed E-state index contributed by atoms with van der Waals surface area (Å²) in [6, 6.07) is 25.1. The maximum absolute atomic E-state index is 12.2. The zero-order valence-corrected chi connectivity index (χ0v) is 18.5. The predicted octanol–water partition coefficient (Wildman–Crippen LogP) is 4.34. The number of rotatable bonds is 10. The Balaban J connectivity index is 1.40. The zero-order valence-electron chi connectivity index (χ0n) is 18.5. The fourth-order valence-electron chi connectivity index (χ4n) is 3.03. The Morgan fingerprint density at radius 1 is 0.812 bits per heavy atom. The average molecular weight is 432 g/mol. The number of aryl methyl sites for hydroxylation is 1. The first-order valence-electron chi connectivity index (χ1n) is 10.6. The molecule has 2 N–H and O–H groups in total. The Morgan fingerprint density at radius 3 is 2.12 bits per heavy atom. The Morgan fingerprint density at radius 2 is 1.47 bits per heavy atom. The Labute approximate surface area is 189 Å². The van der Waals surface area contributed by atoms with E-state index in [0.29, 0.717) is 19.4 Å². The molecule has 0 spiro atoms. The second-order valence-corrected chi connectivity index (χ2v) is 7.69. The van der Waals surface area contributed by atoms with Gasteiger partial charge in [0, 0.05) is 31.9 Å². The van der Waals surface area contributed by atoms with E-state index in [1.807, 2.05) is 78.9 Å². The van der Waals surface area contributed by atoms with E-state index in [2.05, 4.69) is 10.6 Å². The Kier molecular flexibility index (Phi) is 8.26. The van der Waals surface area contributed by atoms with Crippen molar-refractivity contribution in [2.75, 3.05) is 31.3 Å². The van der Waals surface area contributed by atoms with Gasteiger partial charge >= 0.3 is 0 Å². The number of carbonyl (C=O) groups excluding carboxylic acids is 2. The standard InChI is InChI=1S/C26H29N3O3/c1-29(2)26(31)17-10-20-8-11-23(12-9-20)28-25(30)18-27-22-13-15-24(16-14-22)32-19-21-6-4-3-5-7-21/h3-9,11-16,27H,10,17-19H2,1-2H3,(H,28,30). The first-order valence-corrected chi connectivity index (χ1v) is 10.6. The lowest BCUT2D eigenvalue weighted by Crippen LogP contribution is -2.22. The van der Waals surface area contributed by atoms with Crippen molar-refractivity contribution in [3.8, 4) is 5.75 Å². The maximum atomic E-state index is 12.2. The molecule has 3 aromatic rings. The summed E-state index contributed by atoms with van der Waals surface area (Å²) >= 11 is 0. The molecule has 0 aliphatic rings. The van der Waals surface area contributed by atoms with Crippen LogP contribution in [0.1, 0.15) is 17.5 Å². The molecule has 32 heavy (non-hydrogen) atoms. The third kappa shape index (κ3) is 7.47. The van der Waals surface area contributed by atoms with Crippen LogP contribution in [0.4, 0.5) is 11.4 Å². The highest BCUT2D eigenvalue weighted by Crippen LogP contribution is 2.17. The second kappa shape index (κ2) is 11.6. The van der Waals surface area contributed by atoms with E-state index in [1.54, 1.807) is 19.0 Å². The van der Waals surface area contributed by atoms with Gasteiger partial charge in [0.1, 0.15) is 12.4 Å². The lowest BCUT2D eigenvalue weighted by Gasteiger charge is -2.11. The first-order chi connectivity index (χ1) is 15.5. The van der Waals surface area contributed by atoms with Gasteiger partial charge < -0.3 is 20.3 Å². The molecule has 6 heteroatoms. The smallest absolute Gasteiger partial charge is 0.243 e. The number of anilines is 2. The van der Waals surface area contributed by atoms with E-state index in [4.69, 9.17) is 4.74 Å². The highest BCUT2D eigenvalue weighted by Gasteiger charge is 2.06.